The van der Waals surface area contributed by atoms with Crippen molar-refractivity contribution in [3.05, 3.63) is 12.2 Å². The molecule has 0 aromatic rings. The summed E-state index contributed by atoms with van der Waals surface area (Å²) in [6.07, 6.45) is 3.95. The number of β-amino-alcohol motifs (C(OH)–C–C–N with tert-alkyl or cyclic N) is 1. The van der Waals surface area contributed by atoms with E-state index in [1.807, 2.05) is 13.8 Å². The molecule has 1 saturated heterocycles. The van der Waals surface area contributed by atoms with Gasteiger partial charge in [-0.3, -0.25) is 4.79 Å². The zero-order valence-electron chi connectivity index (χ0n) is 7.58. The molecule has 0 bridgehead atoms. The normalized spacial score (nSPS) is 21.1. The second-order valence-electron chi connectivity index (χ2n) is 3.27. The lowest BCUT2D eigenvalue weighted by molar-refractivity contribution is -0.150. The molecule has 1 aliphatic heterocycles. The molecular formula is C9H15NO2. The fourth-order valence-corrected chi connectivity index (χ4v) is 1.29. The van der Waals surface area contributed by atoms with Crippen molar-refractivity contribution < 1.29 is 9.90 Å². The minimum atomic E-state index is -0.614. The van der Waals surface area contributed by atoms with Gasteiger partial charge in [0.05, 0.1) is 18.7 Å². The van der Waals surface area contributed by atoms with Gasteiger partial charge in [0.2, 0.25) is 5.91 Å². The van der Waals surface area contributed by atoms with Gasteiger partial charge in [0, 0.05) is 0 Å². The van der Waals surface area contributed by atoms with E-state index in [9.17, 15) is 9.90 Å². The number of amides is 1. The average Bonchev–Trinajstić information content (AvgIpc) is 1.99. The van der Waals surface area contributed by atoms with Crippen LogP contribution in [-0.4, -0.2) is 34.6 Å². The molecule has 1 amide bonds. The van der Waals surface area contributed by atoms with E-state index < -0.39 is 5.60 Å². The van der Waals surface area contributed by atoms with Crippen LogP contribution in [0.4, 0.5) is 0 Å². The molecule has 0 unspecified atom stereocenters. The van der Waals surface area contributed by atoms with Crippen molar-refractivity contribution in [3.63, 3.8) is 0 Å². The fourth-order valence-electron chi connectivity index (χ4n) is 1.29. The number of carbonyl (C=O) groups is 1. The molecule has 1 rings (SSSR count). The summed E-state index contributed by atoms with van der Waals surface area (Å²) in [7, 11) is 0. The van der Waals surface area contributed by atoms with Crippen LogP contribution in [0.25, 0.3) is 0 Å². The van der Waals surface area contributed by atoms with E-state index in [4.69, 9.17) is 0 Å². The van der Waals surface area contributed by atoms with E-state index in [0.29, 0.717) is 19.5 Å². The van der Waals surface area contributed by atoms with Crippen molar-refractivity contribution in [2.24, 2.45) is 0 Å². The topological polar surface area (TPSA) is 40.5 Å². The van der Waals surface area contributed by atoms with Crippen LogP contribution in [-0.2, 0) is 4.79 Å². The van der Waals surface area contributed by atoms with Crippen LogP contribution in [0.2, 0.25) is 0 Å². The molecule has 1 N–H and O–H groups in total. The fraction of sp³-hybridized carbons (Fsp3) is 0.667. The highest BCUT2D eigenvalue weighted by Gasteiger charge is 2.41. The third kappa shape index (κ3) is 1.67. The summed E-state index contributed by atoms with van der Waals surface area (Å²) in [4.78, 5) is 12.8. The molecule has 3 heteroatoms. The first-order chi connectivity index (χ1) is 5.61. The summed E-state index contributed by atoms with van der Waals surface area (Å²) in [5.41, 5.74) is -0.614. The van der Waals surface area contributed by atoms with Crippen LogP contribution >= 0.6 is 0 Å². The minimum Gasteiger partial charge on any atom is -0.386 e. The quantitative estimate of drug-likeness (QED) is 0.613. The SMILES string of the molecule is C/C=C/C(=O)N1CC(O)(CC)C1. The first-order valence-electron chi connectivity index (χ1n) is 4.25. The number of likely N-dealkylation sites (tertiary alicyclic amines) is 1. The first kappa shape index (κ1) is 9.26. The lowest BCUT2D eigenvalue weighted by atomic mass is 9.91. The monoisotopic (exact) mass is 169 g/mol. The van der Waals surface area contributed by atoms with Crippen LogP contribution < -0.4 is 0 Å². The Kier molecular flexibility index (Phi) is 2.52. The molecule has 3 nitrogen and oxygen atoms in total. The van der Waals surface area contributed by atoms with E-state index in [1.54, 1.807) is 11.0 Å². The maximum Gasteiger partial charge on any atom is 0.246 e. The van der Waals surface area contributed by atoms with Gasteiger partial charge in [0.1, 0.15) is 0 Å². The Hall–Kier alpha value is -0.830. The van der Waals surface area contributed by atoms with E-state index in [2.05, 4.69) is 0 Å². The molecule has 68 valence electrons. The lowest BCUT2D eigenvalue weighted by Crippen LogP contribution is -2.62. The third-order valence-corrected chi connectivity index (χ3v) is 2.25. The smallest absolute Gasteiger partial charge is 0.246 e. The summed E-state index contributed by atoms with van der Waals surface area (Å²) in [6.45, 7) is 4.69. The van der Waals surface area contributed by atoms with Crippen molar-refractivity contribution in [1.82, 2.24) is 4.90 Å². The highest BCUT2D eigenvalue weighted by Crippen LogP contribution is 2.23. The molecule has 0 aromatic heterocycles. The number of hydrogen-bond acceptors (Lipinski definition) is 2. The molecule has 0 radical (unpaired) electrons. The first-order valence-corrected chi connectivity index (χ1v) is 4.25. The minimum absolute atomic E-state index is 0.00405. The van der Waals surface area contributed by atoms with Gasteiger partial charge in [-0.25, -0.2) is 0 Å². The number of allylic oxidation sites excluding steroid dienone is 1. The van der Waals surface area contributed by atoms with Crippen molar-refractivity contribution in [1.29, 1.82) is 0 Å². The van der Waals surface area contributed by atoms with E-state index >= 15 is 0 Å². The molecule has 1 fully saturated rings. The van der Waals surface area contributed by atoms with Crippen LogP contribution in [0.5, 0.6) is 0 Å². The number of nitrogens with zero attached hydrogens (tertiary/aromatic N) is 1. The molecule has 0 saturated carbocycles. The zero-order valence-corrected chi connectivity index (χ0v) is 7.58. The van der Waals surface area contributed by atoms with Gasteiger partial charge in [-0.05, 0) is 19.4 Å². The second-order valence-corrected chi connectivity index (χ2v) is 3.27. The highest BCUT2D eigenvalue weighted by atomic mass is 16.3. The van der Waals surface area contributed by atoms with Gasteiger partial charge < -0.3 is 10.0 Å². The van der Waals surface area contributed by atoms with Crippen molar-refractivity contribution in [2.45, 2.75) is 25.9 Å². The molecular weight excluding hydrogens is 154 g/mol. The van der Waals surface area contributed by atoms with Crippen molar-refractivity contribution in [2.75, 3.05) is 13.1 Å². The van der Waals surface area contributed by atoms with Crippen LogP contribution in [0.15, 0.2) is 12.2 Å². The predicted molar refractivity (Wildman–Crippen MR) is 46.6 cm³/mol. The average molecular weight is 169 g/mol. The summed E-state index contributed by atoms with van der Waals surface area (Å²) in [6, 6.07) is 0. The van der Waals surface area contributed by atoms with Gasteiger partial charge in [0.25, 0.3) is 0 Å². The van der Waals surface area contributed by atoms with E-state index in [1.165, 1.54) is 6.08 Å². The molecule has 0 aliphatic carbocycles. The molecule has 1 aliphatic rings. The summed E-state index contributed by atoms with van der Waals surface area (Å²) in [5.74, 6) is -0.00405. The van der Waals surface area contributed by atoms with Crippen LogP contribution in [0.3, 0.4) is 0 Å². The Morgan fingerprint density at radius 1 is 1.67 bits per heavy atom. The van der Waals surface area contributed by atoms with Gasteiger partial charge in [0.15, 0.2) is 0 Å². The standard InChI is InChI=1S/C9H15NO2/c1-3-5-8(11)10-6-9(12,4-2)7-10/h3,5,12H,4,6-7H2,1-2H3/b5-3+. The highest BCUT2D eigenvalue weighted by molar-refractivity contribution is 5.88. The van der Waals surface area contributed by atoms with Crippen molar-refractivity contribution in [3.8, 4) is 0 Å². The predicted octanol–water partition coefficient (Wildman–Crippen LogP) is 0.546. The molecule has 0 aromatic carbocycles. The molecule has 12 heavy (non-hydrogen) atoms. The Balaban J connectivity index is 2.39. The third-order valence-electron chi connectivity index (χ3n) is 2.25. The number of rotatable bonds is 2. The lowest BCUT2D eigenvalue weighted by Gasteiger charge is -2.45. The largest absolute Gasteiger partial charge is 0.386 e. The summed E-state index contributed by atoms with van der Waals surface area (Å²) < 4.78 is 0. The maximum absolute atomic E-state index is 11.2. The van der Waals surface area contributed by atoms with E-state index in [0.717, 1.165) is 0 Å². The Labute approximate surface area is 72.7 Å². The Morgan fingerprint density at radius 2 is 2.25 bits per heavy atom. The summed E-state index contributed by atoms with van der Waals surface area (Å²) >= 11 is 0. The maximum atomic E-state index is 11.2. The summed E-state index contributed by atoms with van der Waals surface area (Å²) in [5, 5.41) is 9.59. The Morgan fingerprint density at radius 3 is 2.67 bits per heavy atom. The van der Waals surface area contributed by atoms with Gasteiger partial charge in [-0.15, -0.1) is 0 Å². The van der Waals surface area contributed by atoms with Gasteiger partial charge in [-0.1, -0.05) is 13.0 Å². The number of carbonyl (C=O) groups excluding carboxylic acids is 1. The molecule has 0 spiro atoms. The van der Waals surface area contributed by atoms with Crippen LogP contribution in [0.1, 0.15) is 20.3 Å². The van der Waals surface area contributed by atoms with Gasteiger partial charge in [-0.2, -0.15) is 0 Å². The zero-order chi connectivity index (χ0) is 9.19. The van der Waals surface area contributed by atoms with Crippen molar-refractivity contribution >= 4 is 5.91 Å². The van der Waals surface area contributed by atoms with Crippen LogP contribution in [0, 0.1) is 0 Å². The van der Waals surface area contributed by atoms with Gasteiger partial charge >= 0.3 is 0 Å². The number of hydrogen-bond donors (Lipinski definition) is 1. The van der Waals surface area contributed by atoms with E-state index in [-0.39, 0.29) is 5.91 Å². The second kappa shape index (κ2) is 3.27. The number of aliphatic hydroxyl groups is 1. The molecule has 0 atom stereocenters. The molecule has 1 heterocycles. The Bertz CT molecular complexity index is 205.